The van der Waals surface area contributed by atoms with Crippen molar-refractivity contribution < 1.29 is 23.4 Å². The van der Waals surface area contributed by atoms with E-state index >= 15 is 0 Å². The number of nitrogens with one attached hydrogen (secondary N) is 1. The summed E-state index contributed by atoms with van der Waals surface area (Å²) in [6.07, 6.45) is 3.48. The molecule has 14 heteroatoms. The van der Waals surface area contributed by atoms with Crippen LogP contribution >= 0.6 is 0 Å². The predicted molar refractivity (Wildman–Crippen MR) is 204 cm³/mol. The topological polar surface area (TPSA) is 157 Å². The summed E-state index contributed by atoms with van der Waals surface area (Å²) in [5, 5.41) is 24.5. The molecule has 280 valence electrons. The van der Waals surface area contributed by atoms with Crippen molar-refractivity contribution >= 4 is 21.1 Å². The highest BCUT2D eigenvalue weighted by Gasteiger charge is 2.34. The number of hydrogen-bond acceptors (Lipinski definition) is 10. The van der Waals surface area contributed by atoms with Gasteiger partial charge < -0.3 is 24.8 Å². The molecule has 2 aliphatic heterocycles. The monoisotopic (exact) mass is 741 g/mol. The van der Waals surface area contributed by atoms with Gasteiger partial charge in [-0.15, -0.1) is 0 Å². The van der Waals surface area contributed by atoms with Crippen molar-refractivity contribution in [1.29, 1.82) is 0 Å². The Labute approximate surface area is 309 Å². The molecule has 0 amide bonds. The number of rotatable bonds is 7. The van der Waals surface area contributed by atoms with Crippen molar-refractivity contribution in [3.63, 3.8) is 0 Å². The van der Waals surface area contributed by atoms with Crippen molar-refractivity contribution in [1.82, 2.24) is 33.9 Å². The number of benzene rings is 3. The molecule has 1 aliphatic carbocycles. The molecule has 2 aromatic heterocycles. The van der Waals surface area contributed by atoms with Crippen LogP contribution in [0.2, 0.25) is 0 Å². The van der Waals surface area contributed by atoms with Crippen LogP contribution in [0.4, 0.5) is 0 Å². The standard InChI is InChI=1S/C22H30N6O4S.C17H17NO2/c1-5-7-17-19-20(27(4)25-17)22(29)24-21(23-19)16-14-15(8-9-18(16)32-6-2)33(30,31)28-12-10-26(3)11-13-28;1-18-8-7-10-3-2-4-12-15(10)13(18)9-11-5-6-14(19)17(20)16(11)12/h8-9,14H,5-7,10-13H2,1-4H3,(H,23,24,29);2-6,13,19-20H,7-9H2,1H3/t;13-/m.1/s1. The highest BCUT2D eigenvalue weighted by atomic mass is 32.2. The van der Waals surface area contributed by atoms with Gasteiger partial charge >= 0.3 is 0 Å². The summed E-state index contributed by atoms with van der Waals surface area (Å²) in [4.78, 5) is 25.0. The van der Waals surface area contributed by atoms with Gasteiger partial charge in [-0.3, -0.25) is 14.4 Å². The maximum absolute atomic E-state index is 13.3. The van der Waals surface area contributed by atoms with Crippen LogP contribution in [-0.2, 0) is 36.3 Å². The fraction of sp³-hybridized carbons (Fsp3) is 0.410. The average Bonchev–Trinajstić information content (AvgIpc) is 3.46. The second kappa shape index (κ2) is 14.6. The Hall–Kier alpha value is -4.76. The van der Waals surface area contributed by atoms with Gasteiger partial charge in [-0.25, -0.2) is 13.4 Å². The first-order valence-electron chi connectivity index (χ1n) is 18.2. The molecular weight excluding hydrogens is 695 g/mol. The van der Waals surface area contributed by atoms with E-state index in [9.17, 15) is 23.4 Å². The van der Waals surface area contributed by atoms with Crippen LogP contribution < -0.4 is 10.3 Å². The molecule has 0 radical (unpaired) electrons. The minimum atomic E-state index is -3.70. The van der Waals surface area contributed by atoms with Gasteiger partial charge in [0.15, 0.2) is 17.0 Å². The van der Waals surface area contributed by atoms with Gasteiger partial charge in [-0.05, 0) is 86.8 Å². The van der Waals surface area contributed by atoms with E-state index in [4.69, 9.17) is 9.72 Å². The summed E-state index contributed by atoms with van der Waals surface area (Å²) < 4.78 is 35.4. The van der Waals surface area contributed by atoms with Crippen LogP contribution in [0.5, 0.6) is 17.2 Å². The molecule has 0 spiro atoms. The molecule has 0 saturated carbocycles. The smallest absolute Gasteiger partial charge is 0.277 e. The highest BCUT2D eigenvalue weighted by molar-refractivity contribution is 7.89. The van der Waals surface area contributed by atoms with Crippen LogP contribution in [0.3, 0.4) is 0 Å². The zero-order valence-corrected chi connectivity index (χ0v) is 31.7. The number of H-pyrrole nitrogens is 1. The fourth-order valence-corrected chi connectivity index (χ4v) is 9.22. The van der Waals surface area contributed by atoms with Gasteiger partial charge in [0.1, 0.15) is 17.1 Å². The van der Waals surface area contributed by atoms with Crippen molar-refractivity contribution in [3.05, 3.63) is 81.3 Å². The molecule has 1 atom stereocenters. The molecule has 3 aromatic carbocycles. The van der Waals surface area contributed by atoms with Crippen molar-refractivity contribution in [2.45, 2.75) is 50.5 Å². The highest BCUT2D eigenvalue weighted by Crippen LogP contribution is 2.50. The number of aromatic nitrogens is 4. The molecule has 5 aromatic rings. The van der Waals surface area contributed by atoms with Gasteiger partial charge in [-0.1, -0.05) is 37.6 Å². The first kappa shape index (κ1) is 36.6. The van der Waals surface area contributed by atoms with E-state index in [-0.39, 0.29) is 27.8 Å². The number of likely N-dealkylation sites (N-methyl/N-ethyl adjacent to an activating group) is 2. The number of piperazine rings is 1. The summed E-state index contributed by atoms with van der Waals surface area (Å²) in [5.74, 6) is 0.696. The van der Waals surface area contributed by atoms with Gasteiger partial charge in [0.2, 0.25) is 10.0 Å². The molecular formula is C39H47N7O6S. The number of nitrogens with zero attached hydrogens (tertiary/aromatic N) is 6. The van der Waals surface area contributed by atoms with Crippen LogP contribution in [0.1, 0.15) is 48.7 Å². The van der Waals surface area contributed by atoms with E-state index in [0.717, 1.165) is 48.2 Å². The van der Waals surface area contributed by atoms with E-state index in [1.165, 1.54) is 20.1 Å². The van der Waals surface area contributed by atoms with Crippen LogP contribution in [-0.4, -0.2) is 106 Å². The second-order valence-electron chi connectivity index (χ2n) is 14.0. The number of hydrogen-bond donors (Lipinski definition) is 3. The SMILES string of the molecule is CCCc1nn(C)c2c(=O)[nH]c(-c3cc(S(=O)(=O)N4CCN(C)CC4)ccc3OCC)nc12.CN1CCc2cccc3c2[C@H]1Cc1ccc(O)c(O)c1-3. The molecule has 0 unspecified atom stereocenters. The van der Waals surface area contributed by atoms with Gasteiger partial charge in [0.25, 0.3) is 5.56 Å². The molecule has 8 rings (SSSR count). The third kappa shape index (κ3) is 6.69. The molecule has 53 heavy (non-hydrogen) atoms. The molecule has 3 N–H and O–H groups in total. The van der Waals surface area contributed by atoms with Crippen molar-refractivity contribution in [3.8, 4) is 39.8 Å². The van der Waals surface area contributed by atoms with Crippen molar-refractivity contribution in [2.75, 3.05) is 53.4 Å². The van der Waals surface area contributed by atoms with Gasteiger partial charge in [0, 0.05) is 51.4 Å². The van der Waals surface area contributed by atoms with Gasteiger partial charge in [-0.2, -0.15) is 9.40 Å². The van der Waals surface area contributed by atoms with Crippen LogP contribution in [0.25, 0.3) is 33.5 Å². The number of ether oxygens (including phenoxy) is 1. The quantitative estimate of drug-likeness (QED) is 0.204. The number of phenols is 2. The van der Waals surface area contributed by atoms with E-state index in [0.29, 0.717) is 67.6 Å². The minimum Gasteiger partial charge on any atom is -0.504 e. The number of fused-ring (bicyclic) bond motifs is 3. The lowest BCUT2D eigenvalue weighted by Crippen LogP contribution is -2.47. The summed E-state index contributed by atoms with van der Waals surface area (Å²) in [6.45, 7) is 7.55. The molecule has 3 aliphatic rings. The second-order valence-corrected chi connectivity index (χ2v) is 16.0. The summed E-state index contributed by atoms with van der Waals surface area (Å²) in [7, 11) is 2.15. The normalized spacial score (nSPS) is 17.6. The Bertz CT molecular complexity index is 2350. The molecule has 13 nitrogen and oxygen atoms in total. The number of aryl methyl sites for hydroxylation is 2. The maximum atomic E-state index is 13.3. The largest absolute Gasteiger partial charge is 0.504 e. The molecule has 1 fully saturated rings. The number of aromatic amines is 1. The zero-order valence-electron chi connectivity index (χ0n) is 30.9. The lowest BCUT2D eigenvalue weighted by Gasteiger charge is -2.39. The average molecular weight is 742 g/mol. The van der Waals surface area contributed by atoms with Gasteiger partial charge in [0.05, 0.1) is 22.8 Å². The Kier molecular flexibility index (Phi) is 10.1. The first-order chi connectivity index (χ1) is 25.4. The summed E-state index contributed by atoms with van der Waals surface area (Å²) >= 11 is 0. The predicted octanol–water partition coefficient (Wildman–Crippen LogP) is 4.46. The Balaban J connectivity index is 0.000000184. The molecule has 1 saturated heterocycles. The van der Waals surface area contributed by atoms with E-state index < -0.39 is 10.0 Å². The lowest BCUT2D eigenvalue weighted by molar-refractivity contribution is 0.222. The van der Waals surface area contributed by atoms with Crippen molar-refractivity contribution in [2.24, 2.45) is 7.05 Å². The van der Waals surface area contributed by atoms with E-state index in [1.807, 2.05) is 27.0 Å². The molecule has 0 bridgehead atoms. The van der Waals surface area contributed by atoms with Crippen LogP contribution in [0, 0.1) is 0 Å². The van der Waals surface area contributed by atoms with Crippen LogP contribution in [0.15, 0.2) is 58.2 Å². The fourth-order valence-electron chi connectivity index (χ4n) is 7.77. The van der Waals surface area contributed by atoms with E-state index in [1.54, 1.807) is 31.3 Å². The Morgan fingerprint density at radius 2 is 1.72 bits per heavy atom. The lowest BCUT2D eigenvalue weighted by atomic mass is 9.77. The summed E-state index contributed by atoms with van der Waals surface area (Å²) in [5.41, 5.74) is 7.45. The van der Waals surface area contributed by atoms with E-state index in [2.05, 4.69) is 45.1 Å². The molecule has 4 heterocycles. The summed E-state index contributed by atoms with van der Waals surface area (Å²) in [6, 6.07) is 14.9. The third-order valence-corrected chi connectivity index (χ3v) is 12.5. The first-order valence-corrected chi connectivity index (χ1v) is 19.6. The number of aromatic hydroxyl groups is 2. The number of phenolic OH excluding ortho intramolecular Hbond substituents is 2. The Morgan fingerprint density at radius 1 is 0.943 bits per heavy atom. The minimum absolute atomic E-state index is 0.0163. The zero-order chi connectivity index (χ0) is 37.6. The maximum Gasteiger partial charge on any atom is 0.277 e. The Morgan fingerprint density at radius 3 is 2.45 bits per heavy atom. The third-order valence-electron chi connectivity index (χ3n) is 10.6. The number of sulfonamides is 1.